The van der Waals surface area contributed by atoms with E-state index >= 15 is 0 Å². The van der Waals surface area contributed by atoms with Gasteiger partial charge in [-0.2, -0.15) is 31.3 Å². The maximum atomic E-state index is 13.5. The van der Waals surface area contributed by atoms with Gasteiger partial charge in [0.2, 0.25) is 5.96 Å². The number of hydrogen-bond acceptors (Lipinski definition) is 3. The van der Waals surface area contributed by atoms with Crippen molar-refractivity contribution < 1.29 is 40.3 Å². The molecule has 0 unspecified atom stereocenters. The van der Waals surface area contributed by atoms with Gasteiger partial charge in [0.05, 0.1) is 23.1 Å². The van der Waals surface area contributed by atoms with E-state index in [2.05, 4.69) is 9.98 Å². The lowest BCUT2D eigenvalue weighted by molar-refractivity contribution is -0.140. The Hall–Kier alpha value is -3.94. The molecule has 2 amide bonds. The average molecular weight is 524 g/mol. The molecule has 0 spiro atoms. The summed E-state index contributed by atoms with van der Waals surface area (Å²) in [6, 6.07) is 3.92. The van der Waals surface area contributed by atoms with Crippen LogP contribution in [0.5, 0.6) is 0 Å². The Labute approximate surface area is 197 Å². The predicted octanol–water partition coefficient (Wildman–Crippen LogP) is 4.36. The van der Waals surface area contributed by atoms with Crippen molar-refractivity contribution in [1.82, 2.24) is 14.9 Å². The molecular formula is C20H13ClF7N5O2. The van der Waals surface area contributed by atoms with Gasteiger partial charge in [-0.1, -0.05) is 0 Å². The molecule has 0 atom stereocenters. The standard InChI is InChI=1S/C20H12F7N5O2.ClH/c21-14-3-1-10(7-12(14)19(22,23)24)16(33)30-18(28)31-17(34)11-2-4-15(32-6-5-29-9-32)13(8-11)20(25,26)27;/h1-9H,(H3,28,30,31,33,34);1H. The molecule has 0 fully saturated rings. The molecule has 3 aromatic rings. The molecule has 3 rings (SSSR count). The largest absolute Gasteiger partial charge is 0.419 e. The summed E-state index contributed by atoms with van der Waals surface area (Å²) < 4.78 is 93.3. The van der Waals surface area contributed by atoms with Gasteiger partial charge < -0.3 is 10.3 Å². The highest BCUT2D eigenvalue weighted by atomic mass is 35.5. The number of nitrogens with one attached hydrogen (secondary N) is 1. The van der Waals surface area contributed by atoms with Crippen LogP contribution >= 0.6 is 12.4 Å². The number of nitrogens with zero attached hydrogens (tertiary/aromatic N) is 3. The second-order valence-corrected chi connectivity index (χ2v) is 6.65. The lowest BCUT2D eigenvalue weighted by Gasteiger charge is -2.15. The van der Waals surface area contributed by atoms with Gasteiger partial charge in [0.1, 0.15) is 5.82 Å². The highest BCUT2D eigenvalue weighted by Gasteiger charge is 2.36. The van der Waals surface area contributed by atoms with Crippen LogP contribution in [0.4, 0.5) is 30.7 Å². The maximum absolute atomic E-state index is 13.5. The normalized spacial score (nSPS) is 12.1. The Kier molecular flexibility index (Phi) is 7.90. The molecule has 0 bridgehead atoms. The number of alkyl halides is 6. The smallest absolute Gasteiger partial charge is 0.369 e. The maximum Gasteiger partial charge on any atom is 0.419 e. The van der Waals surface area contributed by atoms with Crippen LogP contribution in [0.1, 0.15) is 31.8 Å². The monoisotopic (exact) mass is 523 g/mol. The van der Waals surface area contributed by atoms with E-state index in [4.69, 9.17) is 5.73 Å². The van der Waals surface area contributed by atoms with E-state index in [0.717, 1.165) is 29.1 Å². The molecule has 15 heteroatoms. The second kappa shape index (κ2) is 10.1. The van der Waals surface area contributed by atoms with Crippen LogP contribution in [-0.4, -0.2) is 27.3 Å². The first-order valence-corrected chi connectivity index (χ1v) is 9.03. The molecule has 7 nitrogen and oxygen atoms in total. The number of carbonyl (C=O) groups is 2. The van der Waals surface area contributed by atoms with Crippen molar-refractivity contribution in [2.24, 2.45) is 10.7 Å². The van der Waals surface area contributed by atoms with Crippen LogP contribution in [-0.2, 0) is 12.4 Å². The number of aromatic nitrogens is 2. The highest BCUT2D eigenvalue weighted by molar-refractivity contribution is 6.10. The molecule has 1 aromatic heterocycles. The van der Waals surface area contributed by atoms with Crippen LogP contribution in [0.15, 0.2) is 60.1 Å². The van der Waals surface area contributed by atoms with Gasteiger partial charge in [-0.15, -0.1) is 12.4 Å². The summed E-state index contributed by atoms with van der Waals surface area (Å²) in [4.78, 5) is 31.2. The zero-order chi connectivity index (χ0) is 25.3. The molecule has 2 aromatic carbocycles. The number of benzene rings is 2. The first-order valence-electron chi connectivity index (χ1n) is 9.03. The van der Waals surface area contributed by atoms with Gasteiger partial charge in [-0.3, -0.25) is 14.9 Å². The van der Waals surface area contributed by atoms with Crippen molar-refractivity contribution in [2.45, 2.75) is 12.4 Å². The fraction of sp³-hybridized carbons (Fsp3) is 0.100. The van der Waals surface area contributed by atoms with Crippen molar-refractivity contribution in [3.05, 3.63) is 83.2 Å². The van der Waals surface area contributed by atoms with Crippen molar-refractivity contribution >= 4 is 30.2 Å². The molecule has 0 aliphatic heterocycles. The first kappa shape index (κ1) is 27.3. The number of imidazole rings is 1. The van der Waals surface area contributed by atoms with Crippen LogP contribution in [0.3, 0.4) is 0 Å². The van der Waals surface area contributed by atoms with Crippen molar-refractivity contribution in [3.63, 3.8) is 0 Å². The second-order valence-electron chi connectivity index (χ2n) is 6.65. The van der Waals surface area contributed by atoms with Gasteiger partial charge in [-0.05, 0) is 36.4 Å². The molecule has 0 saturated heterocycles. The molecule has 35 heavy (non-hydrogen) atoms. The van der Waals surface area contributed by atoms with E-state index in [1.54, 1.807) is 0 Å². The number of nitrogens with two attached hydrogens (primary N) is 1. The van der Waals surface area contributed by atoms with Gasteiger partial charge >= 0.3 is 12.4 Å². The van der Waals surface area contributed by atoms with Gasteiger partial charge in [-0.25, -0.2) is 9.37 Å². The molecule has 3 N–H and O–H groups in total. The molecule has 1 heterocycles. The third-order valence-corrected chi connectivity index (χ3v) is 4.33. The molecule has 186 valence electrons. The highest BCUT2D eigenvalue weighted by Crippen LogP contribution is 2.35. The summed E-state index contributed by atoms with van der Waals surface area (Å²) in [5.41, 5.74) is 1.02. The number of guanidine groups is 1. The summed E-state index contributed by atoms with van der Waals surface area (Å²) in [6.45, 7) is 0. The van der Waals surface area contributed by atoms with Crippen LogP contribution in [0, 0.1) is 5.82 Å². The van der Waals surface area contributed by atoms with Crippen molar-refractivity contribution in [2.75, 3.05) is 0 Å². The summed E-state index contributed by atoms with van der Waals surface area (Å²) in [7, 11) is 0. The summed E-state index contributed by atoms with van der Waals surface area (Å²) in [5.74, 6) is -5.05. The summed E-state index contributed by atoms with van der Waals surface area (Å²) in [5, 5.41) is 1.87. The topological polar surface area (TPSA) is 102 Å². The first-order chi connectivity index (χ1) is 15.8. The molecule has 0 aliphatic carbocycles. The van der Waals surface area contributed by atoms with Crippen LogP contribution < -0.4 is 11.1 Å². The van der Waals surface area contributed by atoms with Gasteiger partial charge in [0.15, 0.2) is 0 Å². The number of hydrogen-bond donors (Lipinski definition) is 2. The number of aliphatic imine (C=N–C) groups is 1. The summed E-state index contributed by atoms with van der Waals surface area (Å²) in [6.07, 6.45) is -6.28. The van der Waals surface area contributed by atoms with E-state index in [0.29, 0.717) is 12.1 Å². The van der Waals surface area contributed by atoms with E-state index < -0.39 is 58.2 Å². The average Bonchev–Trinajstić information content (AvgIpc) is 3.26. The Balaban J connectivity index is 0.00000432. The Bertz CT molecular complexity index is 1270. The number of carbonyl (C=O) groups excluding carboxylic acids is 2. The van der Waals surface area contributed by atoms with E-state index in [1.165, 1.54) is 12.4 Å². The van der Waals surface area contributed by atoms with Gasteiger partial charge in [0.25, 0.3) is 11.8 Å². The van der Waals surface area contributed by atoms with Crippen LogP contribution in [0.2, 0.25) is 0 Å². The third kappa shape index (κ3) is 6.35. The van der Waals surface area contributed by atoms with E-state index in [-0.39, 0.29) is 24.2 Å². The minimum absolute atomic E-state index is 0. The van der Waals surface area contributed by atoms with Crippen molar-refractivity contribution in [1.29, 1.82) is 0 Å². The predicted molar refractivity (Wildman–Crippen MR) is 111 cm³/mol. The molecular weight excluding hydrogens is 511 g/mol. The lowest BCUT2D eigenvalue weighted by Crippen LogP contribution is -2.37. The molecule has 0 aliphatic rings. The van der Waals surface area contributed by atoms with E-state index in [9.17, 15) is 40.3 Å². The quantitative estimate of drug-likeness (QED) is 0.303. The zero-order valence-corrected chi connectivity index (χ0v) is 17.8. The number of halogens is 8. The fourth-order valence-corrected chi connectivity index (χ4v) is 2.80. The SMILES string of the molecule is Cl.NC(=NC(=O)c1ccc(F)c(C(F)(F)F)c1)NC(=O)c1ccc(-n2ccnc2)c(C(F)(F)F)c1. The molecule has 0 radical (unpaired) electrons. The Morgan fingerprint density at radius 2 is 1.54 bits per heavy atom. The number of rotatable bonds is 3. The minimum atomic E-state index is -5.08. The van der Waals surface area contributed by atoms with Gasteiger partial charge in [0, 0.05) is 23.5 Å². The third-order valence-electron chi connectivity index (χ3n) is 4.33. The van der Waals surface area contributed by atoms with E-state index in [1.807, 2.05) is 5.32 Å². The minimum Gasteiger partial charge on any atom is -0.369 e. The summed E-state index contributed by atoms with van der Waals surface area (Å²) >= 11 is 0. The Morgan fingerprint density at radius 3 is 2.11 bits per heavy atom. The fourth-order valence-electron chi connectivity index (χ4n) is 2.80. The molecule has 0 saturated carbocycles. The zero-order valence-electron chi connectivity index (χ0n) is 17.0. The Morgan fingerprint density at radius 1 is 0.943 bits per heavy atom. The lowest BCUT2D eigenvalue weighted by atomic mass is 10.1. The van der Waals surface area contributed by atoms with Crippen LogP contribution in [0.25, 0.3) is 5.69 Å². The van der Waals surface area contributed by atoms with Crippen molar-refractivity contribution in [3.8, 4) is 5.69 Å². The number of amides is 2.